The highest BCUT2D eigenvalue weighted by molar-refractivity contribution is 8.07. The molecule has 0 saturated heterocycles. The molecular weight excluding hydrogens is 245 g/mol. The summed E-state index contributed by atoms with van der Waals surface area (Å²) in [6.07, 6.45) is -0.186. The minimum Gasteiger partial charge on any atom is -0.324 e. The van der Waals surface area contributed by atoms with Gasteiger partial charge in [0.2, 0.25) is 0 Å². The van der Waals surface area contributed by atoms with Crippen LogP contribution in [0.5, 0.6) is 0 Å². The maximum absolute atomic E-state index is 9.34. The molecule has 6 heteroatoms. The Bertz CT molecular complexity index is 185. The molecule has 0 saturated carbocycles. The van der Waals surface area contributed by atoms with Crippen LogP contribution < -0.4 is 5.32 Å². The van der Waals surface area contributed by atoms with Crippen LogP contribution in [0.2, 0.25) is 0 Å². The Labute approximate surface area is 105 Å². The number of nitrogens with one attached hydrogen (secondary N) is 1. The van der Waals surface area contributed by atoms with Crippen LogP contribution in [-0.2, 0) is 20.9 Å². The Kier molecular flexibility index (Phi) is 12.5. The first-order valence-corrected chi connectivity index (χ1v) is 8.24. The van der Waals surface area contributed by atoms with Crippen molar-refractivity contribution in [2.45, 2.75) is 53.8 Å². The largest absolute Gasteiger partial charge is 0.325 e. The number of hydrogen-bond donors (Lipinski definition) is 2. The second-order valence-corrected chi connectivity index (χ2v) is 6.48. The topological polar surface area (TPSA) is 50.7 Å². The van der Waals surface area contributed by atoms with Crippen molar-refractivity contribution in [2.75, 3.05) is 13.1 Å². The van der Waals surface area contributed by atoms with Gasteiger partial charge in [-0.15, -0.1) is 0 Å². The van der Waals surface area contributed by atoms with E-state index in [2.05, 4.69) is 19.2 Å². The SMILES string of the molecule is CC(C)OP(O)(=S)OC(C)C.CCNCC. The van der Waals surface area contributed by atoms with E-state index in [0.29, 0.717) is 0 Å². The highest BCUT2D eigenvalue weighted by Gasteiger charge is 2.18. The van der Waals surface area contributed by atoms with Crippen molar-refractivity contribution in [1.29, 1.82) is 0 Å². The van der Waals surface area contributed by atoms with E-state index in [4.69, 9.17) is 20.9 Å². The molecule has 16 heavy (non-hydrogen) atoms. The highest BCUT2D eigenvalue weighted by atomic mass is 32.5. The van der Waals surface area contributed by atoms with E-state index in [1.807, 2.05) is 0 Å². The van der Waals surface area contributed by atoms with Crippen LogP contribution in [0.3, 0.4) is 0 Å². The minimum atomic E-state index is -2.97. The third kappa shape index (κ3) is 16.9. The van der Waals surface area contributed by atoms with Crippen LogP contribution in [-0.4, -0.2) is 30.2 Å². The van der Waals surface area contributed by atoms with E-state index in [0.717, 1.165) is 13.1 Å². The van der Waals surface area contributed by atoms with E-state index in [-0.39, 0.29) is 12.2 Å². The summed E-state index contributed by atoms with van der Waals surface area (Å²) in [6.45, 7) is 10.6. The van der Waals surface area contributed by atoms with Gasteiger partial charge in [-0.2, -0.15) is 0 Å². The molecule has 0 bridgehead atoms. The first kappa shape index (κ1) is 18.8. The predicted molar refractivity (Wildman–Crippen MR) is 73.2 cm³/mol. The van der Waals surface area contributed by atoms with E-state index < -0.39 is 6.72 Å². The van der Waals surface area contributed by atoms with Gasteiger partial charge in [0.05, 0.1) is 12.2 Å². The second kappa shape index (κ2) is 10.6. The summed E-state index contributed by atoms with van der Waals surface area (Å²) in [4.78, 5) is 9.34. The molecule has 0 amide bonds. The fourth-order valence-corrected chi connectivity index (χ4v) is 2.96. The molecule has 0 aliphatic carbocycles. The molecule has 100 valence electrons. The summed E-state index contributed by atoms with van der Waals surface area (Å²) >= 11 is 4.72. The van der Waals surface area contributed by atoms with Crippen molar-refractivity contribution in [1.82, 2.24) is 5.32 Å². The molecule has 0 fully saturated rings. The van der Waals surface area contributed by atoms with Crippen LogP contribution in [0.1, 0.15) is 41.5 Å². The lowest BCUT2D eigenvalue weighted by Gasteiger charge is -2.19. The molecule has 0 rings (SSSR count). The molecule has 0 spiro atoms. The molecule has 0 radical (unpaired) electrons. The van der Waals surface area contributed by atoms with Crippen LogP contribution in [0, 0.1) is 0 Å². The summed E-state index contributed by atoms with van der Waals surface area (Å²) in [5.41, 5.74) is 0. The molecule has 0 heterocycles. The van der Waals surface area contributed by atoms with E-state index >= 15 is 0 Å². The number of rotatable bonds is 6. The Morgan fingerprint density at radius 3 is 1.50 bits per heavy atom. The van der Waals surface area contributed by atoms with Gasteiger partial charge < -0.3 is 19.3 Å². The summed E-state index contributed by atoms with van der Waals surface area (Å²) in [5.74, 6) is 0. The van der Waals surface area contributed by atoms with Crippen molar-refractivity contribution < 1.29 is 13.9 Å². The lowest BCUT2D eigenvalue weighted by Crippen LogP contribution is -2.09. The molecule has 2 N–H and O–H groups in total. The van der Waals surface area contributed by atoms with Gasteiger partial charge in [-0.1, -0.05) is 13.8 Å². The zero-order valence-corrected chi connectivity index (χ0v) is 12.9. The lowest BCUT2D eigenvalue weighted by atomic mass is 10.5. The van der Waals surface area contributed by atoms with Gasteiger partial charge in [-0.3, -0.25) is 0 Å². The van der Waals surface area contributed by atoms with Crippen LogP contribution in [0.4, 0.5) is 0 Å². The molecule has 0 aromatic heterocycles. The van der Waals surface area contributed by atoms with Gasteiger partial charge >= 0.3 is 6.72 Å². The van der Waals surface area contributed by atoms with Gasteiger partial charge in [-0.25, -0.2) is 0 Å². The Balaban J connectivity index is 0. The first-order valence-electron chi connectivity index (χ1n) is 5.65. The van der Waals surface area contributed by atoms with Gasteiger partial charge in [-0.05, 0) is 52.6 Å². The Morgan fingerprint density at radius 2 is 1.38 bits per heavy atom. The van der Waals surface area contributed by atoms with Gasteiger partial charge in [0, 0.05) is 0 Å². The standard InChI is InChI=1S/C6H15O3PS.C4H11N/c1-5(2)8-10(7,11)9-6(3)4;1-3-5-4-2/h5-6H,1-4H3,(H,7,11);5H,3-4H2,1-2H3. The molecule has 0 unspecified atom stereocenters. The third-order valence-electron chi connectivity index (χ3n) is 1.19. The van der Waals surface area contributed by atoms with Crippen LogP contribution >= 0.6 is 6.72 Å². The monoisotopic (exact) mass is 271 g/mol. The molecule has 0 aromatic carbocycles. The minimum absolute atomic E-state index is 0.0930. The maximum atomic E-state index is 9.34. The van der Waals surface area contributed by atoms with Crippen molar-refractivity contribution in [3.8, 4) is 0 Å². The third-order valence-corrected chi connectivity index (χ3v) is 3.08. The van der Waals surface area contributed by atoms with E-state index in [9.17, 15) is 4.89 Å². The molecule has 4 nitrogen and oxygen atoms in total. The molecule has 0 aliphatic rings. The Morgan fingerprint density at radius 1 is 1.06 bits per heavy atom. The maximum Gasteiger partial charge on any atom is 0.325 e. The quantitative estimate of drug-likeness (QED) is 0.727. The fraction of sp³-hybridized carbons (Fsp3) is 1.00. The lowest BCUT2D eigenvalue weighted by molar-refractivity contribution is 0.136. The fourth-order valence-electron chi connectivity index (χ4n) is 0.808. The zero-order chi connectivity index (χ0) is 13.2. The zero-order valence-electron chi connectivity index (χ0n) is 11.2. The van der Waals surface area contributed by atoms with E-state index in [1.54, 1.807) is 27.7 Å². The van der Waals surface area contributed by atoms with Crippen molar-refractivity contribution in [3.63, 3.8) is 0 Å². The van der Waals surface area contributed by atoms with Crippen LogP contribution in [0.25, 0.3) is 0 Å². The molecule has 0 aromatic rings. The second-order valence-electron chi connectivity index (χ2n) is 3.73. The van der Waals surface area contributed by atoms with Crippen LogP contribution in [0.15, 0.2) is 0 Å². The Hall–Kier alpha value is 0.490. The van der Waals surface area contributed by atoms with Gasteiger partial charge in [0.15, 0.2) is 0 Å². The summed E-state index contributed by atoms with van der Waals surface area (Å²) < 4.78 is 10.0. The average molecular weight is 271 g/mol. The molecule has 0 aliphatic heterocycles. The smallest absolute Gasteiger partial charge is 0.324 e. The van der Waals surface area contributed by atoms with Crippen molar-refractivity contribution >= 4 is 18.5 Å². The molecule has 0 atom stereocenters. The average Bonchev–Trinajstić information content (AvgIpc) is 2.00. The highest BCUT2D eigenvalue weighted by Crippen LogP contribution is 2.45. The summed E-state index contributed by atoms with van der Waals surface area (Å²) in [7, 11) is 0. The molecular formula is C10H26NO3PS. The normalized spacial score (nSPS) is 11.6. The van der Waals surface area contributed by atoms with E-state index in [1.165, 1.54) is 0 Å². The summed E-state index contributed by atoms with van der Waals surface area (Å²) in [5, 5.41) is 3.11. The summed E-state index contributed by atoms with van der Waals surface area (Å²) in [6, 6.07) is 0. The van der Waals surface area contributed by atoms with Gasteiger partial charge in [0.1, 0.15) is 0 Å². The van der Waals surface area contributed by atoms with Gasteiger partial charge in [0.25, 0.3) is 0 Å². The van der Waals surface area contributed by atoms with Crippen molar-refractivity contribution in [2.24, 2.45) is 0 Å². The first-order chi connectivity index (χ1) is 7.25. The predicted octanol–water partition coefficient (Wildman–Crippen LogP) is 2.67. The number of hydrogen-bond acceptors (Lipinski definition) is 4. The van der Waals surface area contributed by atoms with Crippen molar-refractivity contribution in [3.05, 3.63) is 0 Å².